The molecule has 90 valence electrons. The molecule has 0 aliphatic carbocycles. The Morgan fingerprint density at radius 1 is 1.38 bits per heavy atom. The van der Waals surface area contributed by atoms with E-state index in [0.717, 1.165) is 43.1 Å². The second-order valence-electron chi connectivity index (χ2n) is 4.06. The van der Waals surface area contributed by atoms with E-state index in [2.05, 4.69) is 36.9 Å². The SMILES string of the molecule is C=CCn1c(CC)nc(C(CC)CC)c1N. The maximum Gasteiger partial charge on any atom is 0.127 e. The maximum absolute atomic E-state index is 6.17. The van der Waals surface area contributed by atoms with Crippen LogP contribution in [0, 0.1) is 0 Å². The molecule has 0 fully saturated rings. The van der Waals surface area contributed by atoms with Crippen LogP contribution in [0.4, 0.5) is 5.82 Å². The minimum atomic E-state index is 0.483. The molecule has 1 rings (SSSR count). The zero-order valence-electron chi connectivity index (χ0n) is 10.7. The standard InChI is InChI=1S/C13H23N3/c1-5-9-16-11(8-4)15-12(13(16)14)10(6-2)7-3/h5,10H,1,6-9,14H2,2-4H3. The Kier molecular flexibility index (Phi) is 4.59. The van der Waals surface area contributed by atoms with Gasteiger partial charge < -0.3 is 10.3 Å². The summed E-state index contributed by atoms with van der Waals surface area (Å²) in [6.45, 7) is 11.0. The molecule has 3 nitrogen and oxygen atoms in total. The van der Waals surface area contributed by atoms with Crippen molar-refractivity contribution < 1.29 is 0 Å². The van der Waals surface area contributed by atoms with Crippen LogP contribution in [-0.4, -0.2) is 9.55 Å². The van der Waals surface area contributed by atoms with E-state index in [9.17, 15) is 0 Å². The van der Waals surface area contributed by atoms with Crippen molar-refractivity contribution in [3.05, 3.63) is 24.2 Å². The van der Waals surface area contributed by atoms with Crippen molar-refractivity contribution in [2.45, 2.75) is 52.5 Å². The van der Waals surface area contributed by atoms with E-state index in [1.807, 2.05) is 6.08 Å². The summed E-state index contributed by atoms with van der Waals surface area (Å²) in [7, 11) is 0. The molecule has 1 aromatic rings. The quantitative estimate of drug-likeness (QED) is 0.750. The fourth-order valence-corrected chi connectivity index (χ4v) is 2.11. The zero-order valence-corrected chi connectivity index (χ0v) is 10.7. The van der Waals surface area contributed by atoms with Gasteiger partial charge in [0.2, 0.25) is 0 Å². The van der Waals surface area contributed by atoms with Crippen molar-refractivity contribution in [2.24, 2.45) is 0 Å². The third kappa shape index (κ3) is 2.29. The van der Waals surface area contributed by atoms with Gasteiger partial charge in [-0.25, -0.2) is 4.98 Å². The molecular formula is C13H23N3. The number of nitrogen functional groups attached to an aromatic ring is 1. The number of allylic oxidation sites excluding steroid dienone is 1. The first-order valence-corrected chi connectivity index (χ1v) is 6.15. The maximum atomic E-state index is 6.17. The third-order valence-corrected chi connectivity index (χ3v) is 3.11. The number of aryl methyl sites for hydroxylation is 1. The largest absolute Gasteiger partial charge is 0.384 e. The van der Waals surface area contributed by atoms with Crippen LogP contribution < -0.4 is 5.73 Å². The fourth-order valence-electron chi connectivity index (χ4n) is 2.11. The van der Waals surface area contributed by atoms with Gasteiger partial charge in [-0.05, 0) is 12.8 Å². The van der Waals surface area contributed by atoms with Gasteiger partial charge in [-0.15, -0.1) is 6.58 Å². The third-order valence-electron chi connectivity index (χ3n) is 3.11. The summed E-state index contributed by atoms with van der Waals surface area (Å²) in [5, 5.41) is 0. The number of anilines is 1. The van der Waals surface area contributed by atoms with Gasteiger partial charge >= 0.3 is 0 Å². The van der Waals surface area contributed by atoms with E-state index in [-0.39, 0.29) is 0 Å². The van der Waals surface area contributed by atoms with Crippen LogP contribution in [0.1, 0.15) is 51.0 Å². The molecule has 3 heteroatoms. The van der Waals surface area contributed by atoms with Gasteiger partial charge in [-0.1, -0.05) is 26.8 Å². The number of rotatable bonds is 6. The molecule has 0 saturated carbocycles. The summed E-state index contributed by atoms with van der Waals surface area (Å²) >= 11 is 0. The lowest BCUT2D eigenvalue weighted by Crippen LogP contribution is -2.06. The Balaban J connectivity index is 3.15. The molecule has 0 atom stereocenters. The first-order chi connectivity index (χ1) is 7.69. The number of aromatic nitrogens is 2. The van der Waals surface area contributed by atoms with Gasteiger partial charge in [0.15, 0.2) is 0 Å². The average Bonchev–Trinajstić information content (AvgIpc) is 2.60. The van der Waals surface area contributed by atoms with E-state index in [4.69, 9.17) is 5.73 Å². The lowest BCUT2D eigenvalue weighted by atomic mass is 9.99. The highest BCUT2D eigenvalue weighted by Gasteiger charge is 2.18. The van der Waals surface area contributed by atoms with E-state index >= 15 is 0 Å². The normalized spacial score (nSPS) is 11.0. The molecule has 1 aromatic heterocycles. The van der Waals surface area contributed by atoms with Gasteiger partial charge in [0.05, 0.1) is 5.69 Å². The lowest BCUT2D eigenvalue weighted by Gasteiger charge is -2.10. The summed E-state index contributed by atoms with van der Waals surface area (Å²) in [5.74, 6) is 2.38. The van der Waals surface area contributed by atoms with Crippen LogP contribution in [0.15, 0.2) is 12.7 Å². The predicted molar refractivity (Wildman–Crippen MR) is 69.5 cm³/mol. The summed E-state index contributed by atoms with van der Waals surface area (Å²) < 4.78 is 2.07. The van der Waals surface area contributed by atoms with Crippen molar-refractivity contribution >= 4 is 5.82 Å². The minimum absolute atomic E-state index is 0.483. The van der Waals surface area contributed by atoms with Crippen LogP contribution in [0.2, 0.25) is 0 Å². The van der Waals surface area contributed by atoms with Gasteiger partial charge in [-0.2, -0.15) is 0 Å². The number of imidazole rings is 1. The minimum Gasteiger partial charge on any atom is -0.384 e. The molecule has 0 spiro atoms. The summed E-state index contributed by atoms with van der Waals surface area (Å²) in [6, 6.07) is 0. The molecule has 0 amide bonds. The van der Waals surface area contributed by atoms with Crippen molar-refractivity contribution in [1.82, 2.24) is 9.55 Å². The number of nitrogens with zero attached hydrogens (tertiary/aromatic N) is 2. The van der Waals surface area contributed by atoms with Crippen LogP contribution >= 0.6 is 0 Å². The second kappa shape index (κ2) is 5.73. The number of hydrogen-bond acceptors (Lipinski definition) is 2. The van der Waals surface area contributed by atoms with E-state index in [0.29, 0.717) is 5.92 Å². The molecule has 0 bridgehead atoms. The smallest absolute Gasteiger partial charge is 0.127 e. The van der Waals surface area contributed by atoms with Crippen molar-refractivity contribution in [3.8, 4) is 0 Å². The molecule has 0 saturated heterocycles. The van der Waals surface area contributed by atoms with Gasteiger partial charge in [0.1, 0.15) is 11.6 Å². The molecule has 2 N–H and O–H groups in total. The summed E-state index contributed by atoms with van der Waals surface area (Å²) in [5.41, 5.74) is 7.24. The van der Waals surface area contributed by atoms with Gasteiger partial charge in [0, 0.05) is 18.9 Å². The van der Waals surface area contributed by atoms with Crippen molar-refractivity contribution in [2.75, 3.05) is 5.73 Å². The molecule has 0 unspecified atom stereocenters. The molecule has 0 aromatic carbocycles. The first kappa shape index (κ1) is 12.8. The number of hydrogen-bond donors (Lipinski definition) is 1. The molecule has 0 aliphatic heterocycles. The Hall–Kier alpha value is -1.25. The van der Waals surface area contributed by atoms with Crippen LogP contribution in [-0.2, 0) is 13.0 Å². The lowest BCUT2D eigenvalue weighted by molar-refractivity contribution is 0.627. The van der Waals surface area contributed by atoms with Crippen LogP contribution in [0.5, 0.6) is 0 Å². The molecule has 0 aliphatic rings. The van der Waals surface area contributed by atoms with E-state index < -0.39 is 0 Å². The van der Waals surface area contributed by atoms with E-state index in [1.165, 1.54) is 0 Å². The van der Waals surface area contributed by atoms with Gasteiger partial charge in [-0.3, -0.25) is 0 Å². The van der Waals surface area contributed by atoms with E-state index in [1.54, 1.807) is 0 Å². The Bertz CT molecular complexity index is 348. The van der Waals surface area contributed by atoms with Crippen LogP contribution in [0.25, 0.3) is 0 Å². The van der Waals surface area contributed by atoms with Crippen molar-refractivity contribution in [3.63, 3.8) is 0 Å². The van der Waals surface area contributed by atoms with Crippen molar-refractivity contribution in [1.29, 1.82) is 0 Å². The molecule has 16 heavy (non-hydrogen) atoms. The highest BCUT2D eigenvalue weighted by molar-refractivity contribution is 5.41. The zero-order chi connectivity index (χ0) is 12.1. The average molecular weight is 221 g/mol. The topological polar surface area (TPSA) is 43.8 Å². The second-order valence-corrected chi connectivity index (χ2v) is 4.06. The van der Waals surface area contributed by atoms with Crippen LogP contribution in [0.3, 0.4) is 0 Å². The highest BCUT2D eigenvalue weighted by Crippen LogP contribution is 2.28. The molecule has 0 radical (unpaired) electrons. The number of nitrogens with two attached hydrogens (primary N) is 1. The Morgan fingerprint density at radius 2 is 2.00 bits per heavy atom. The predicted octanol–water partition coefficient (Wildman–Crippen LogP) is 3.12. The fraction of sp³-hybridized carbons (Fsp3) is 0.615. The first-order valence-electron chi connectivity index (χ1n) is 6.15. The summed E-state index contributed by atoms with van der Waals surface area (Å²) in [6.07, 6.45) is 4.97. The molecule has 1 heterocycles. The summed E-state index contributed by atoms with van der Waals surface area (Å²) in [4.78, 5) is 4.68. The van der Waals surface area contributed by atoms with Gasteiger partial charge in [0.25, 0.3) is 0 Å². The molecular weight excluding hydrogens is 198 g/mol. The Labute approximate surface area is 98.4 Å². The highest BCUT2D eigenvalue weighted by atomic mass is 15.1. The Morgan fingerprint density at radius 3 is 2.44 bits per heavy atom. The monoisotopic (exact) mass is 221 g/mol.